The maximum absolute atomic E-state index is 13.0. The molecule has 2 aromatic rings. The molecular formula is C24H29NO6. The normalized spacial score (nSPS) is 17.2. The van der Waals surface area contributed by atoms with Gasteiger partial charge in [0.1, 0.15) is 5.78 Å². The van der Waals surface area contributed by atoms with Gasteiger partial charge in [0.15, 0.2) is 23.0 Å². The van der Waals surface area contributed by atoms with Crippen LogP contribution in [-0.4, -0.2) is 52.4 Å². The maximum Gasteiger partial charge on any atom is 0.231 e. The SMILES string of the molecule is COc1ccc(CCC(=O)CC2c3c(cc4c(c3OC)OCO4)CCN2C)cc1OC. The van der Waals surface area contributed by atoms with Crippen molar-refractivity contribution >= 4 is 5.78 Å². The molecule has 2 aliphatic rings. The van der Waals surface area contributed by atoms with Crippen LogP contribution in [0, 0.1) is 0 Å². The fourth-order valence-corrected chi connectivity index (χ4v) is 4.42. The van der Waals surface area contributed by atoms with E-state index in [9.17, 15) is 4.79 Å². The first kappa shape index (κ1) is 21.3. The Balaban J connectivity index is 1.50. The van der Waals surface area contributed by atoms with Gasteiger partial charge in [0, 0.05) is 31.0 Å². The molecule has 0 aromatic heterocycles. The first-order valence-corrected chi connectivity index (χ1v) is 10.5. The fraction of sp³-hybridized carbons (Fsp3) is 0.458. The molecule has 31 heavy (non-hydrogen) atoms. The lowest BCUT2D eigenvalue weighted by atomic mass is 9.87. The minimum Gasteiger partial charge on any atom is -0.493 e. The number of hydrogen-bond donors (Lipinski definition) is 0. The summed E-state index contributed by atoms with van der Waals surface area (Å²) in [6, 6.07) is 7.76. The number of rotatable bonds is 8. The number of Topliss-reactive ketones (excluding diaryl/α,β-unsaturated/α-hetero) is 1. The Bertz CT molecular complexity index is 973. The first-order valence-electron chi connectivity index (χ1n) is 10.5. The van der Waals surface area contributed by atoms with E-state index >= 15 is 0 Å². The predicted octanol–water partition coefficient (Wildman–Crippen LogP) is 3.56. The lowest BCUT2D eigenvalue weighted by molar-refractivity contribution is -0.120. The molecule has 2 heterocycles. The van der Waals surface area contributed by atoms with Crippen molar-refractivity contribution in [3.05, 3.63) is 41.0 Å². The van der Waals surface area contributed by atoms with Crippen LogP contribution in [0.1, 0.15) is 35.6 Å². The number of methoxy groups -OCH3 is 3. The Hall–Kier alpha value is -2.93. The smallest absolute Gasteiger partial charge is 0.231 e. The third-order valence-corrected chi connectivity index (χ3v) is 6.11. The van der Waals surface area contributed by atoms with Gasteiger partial charge in [0.2, 0.25) is 12.5 Å². The number of carbonyl (C=O) groups is 1. The molecule has 1 atom stereocenters. The Labute approximate surface area is 182 Å². The largest absolute Gasteiger partial charge is 0.493 e. The number of fused-ring (bicyclic) bond motifs is 2. The van der Waals surface area contributed by atoms with Crippen molar-refractivity contribution in [3.8, 4) is 28.7 Å². The van der Waals surface area contributed by atoms with E-state index in [4.69, 9.17) is 23.7 Å². The lowest BCUT2D eigenvalue weighted by Gasteiger charge is -2.35. The van der Waals surface area contributed by atoms with Crippen LogP contribution in [0.3, 0.4) is 0 Å². The van der Waals surface area contributed by atoms with Crippen LogP contribution < -0.4 is 23.7 Å². The highest BCUT2D eigenvalue weighted by Crippen LogP contribution is 2.50. The van der Waals surface area contributed by atoms with E-state index in [1.807, 2.05) is 24.3 Å². The van der Waals surface area contributed by atoms with E-state index in [1.54, 1.807) is 21.3 Å². The van der Waals surface area contributed by atoms with E-state index < -0.39 is 0 Å². The summed E-state index contributed by atoms with van der Waals surface area (Å²) in [4.78, 5) is 15.2. The van der Waals surface area contributed by atoms with Crippen molar-refractivity contribution in [1.82, 2.24) is 4.90 Å². The van der Waals surface area contributed by atoms with Crippen molar-refractivity contribution in [3.63, 3.8) is 0 Å². The number of ether oxygens (including phenoxy) is 5. The van der Waals surface area contributed by atoms with Crippen LogP contribution in [-0.2, 0) is 17.6 Å². The molecule has 4 rings (SSSR count). The molecule has 0 aliphatic carbocycles. The van der Waals surface area contributed by atoms with Crippen molar-refractivity contribution < 1.29 is 28.5 Å². The summed E-state index contributed by atoms with van der Waals surface area (Å²) in [6.07, 6.45) is 2.42. The van der Waals surface area contributed by atoms with Gasteiger partial charge in [-0.3, -0.25) is 9.69 Å². The molecule has 1 unspecified atom stereocenters. The molecular weight excluding hydrogens is 398 g/mol. The molecule has 0 fully saturated rings. The van der Waals surface area contributed by atoms with E-state index in [2.05, 4.69) is 11.9 Å². The standard InChI is InChI=1S/C24H29NO6/c1-25-10-9-16-12-21-23(31-14-30-21)24(29-4)22(16)18(25)13-17(26)7-5-15-6-8-19(27-2)20(11-15)28-3/h6,8,11-12,18H,5,7,9-10,13-14H2,1-4H3. The van der Waals surface area contributed by atoms with Gasteiger partial charge >= 0.3 is 0 Å². The first-order chi connectivity index (χ1) is 15.0. The Morgan fingerprint density at radius 2 is 1.90 bits per heavy atom. The summed E-state index contributed by atoms with van der Waals surface area (Å²) >= 11 is 0. The molecule has 0 saturated carbocycles. The summed E-state index contributed by atoms with van der Waals surface area (Å²) in [6.45, 7) is 1.07. The molecule has 2 aromatic carbocycles. The average Bonchev–Trinajstić information content (AvgIpc) is 3.26. The number of nitrogens with zero attached hydrogens (tertiary/aromatic N) is 1. The van der Waals surface area contributed by atoms with Crippen LogP contribution in [0.25, 0.3) is 0 Å². The summed E-state index contributed by atoms with van der Waals surface area (Å²) < 4.78 is 27.6. The Morgan fingerprint density at radius 3 is 2.65 bits per heavy atom. The Kier molecular flexibility index (Phi) is 6.23. The summed E-state index contributed by atoms with van der Waals surface area (Å²) in [5.74, 6) is 3.62. The second-order valence-corrected chi connectivity index (χ2v) is 7.89. The van der Waals surface area contributed by atoms with Crippen molar-refractivity contribution in [2.75, 3.05) is 41.7 Å². The third kappa shape index (κ3) is 4.14. The lowest BCUT2D eigenvalue weighted by Crippen LogP contribution is -2.34. The number of likely N-dealkylation sites (N-methyl/N-ethyl adjacent to an activating group) is 1. The van der Waals surface area contributed by atoms with Crippen LogP contribution in [0.5, 0.6) is 28.7 Å². The van der Waals surface area contributed by atoms with Gasteiger partial charge in [-0.15, -0.1) is 0 Å². The summed E-state index contributed by atoms with van der Waals surface area (Å²) in [5.41, 5.74) is 3.25. The van der Waals surface area contributed by atoms with Crippen molar-refractivity contribution in [2.24, 2.45) is 0 Å². The van der Waals surface area contributed by atoms with Gasteiger partial charge in [-0.05, 0) is 49.2 Å². The quantitative estimate of drug-likeness (QED) is 0.638. The molecule has 7 nitrogen and oxygen atoms in total. The van der Waals surface area contributed by atoms with Crippen LogP contribution in [0.4, 0.5) is 0 Å². The predicted molar refractivity (Wildman–Crippen MR) is 116 cm³/mol. The fourth-order valence-electron chi connectivity index (χ4n) is 4.42. The van der Waals surface area contributed by atoms with Crippen LogP contribution >= 0.6 is 0 Å². The highest BCUT2D eigenvalue weighted by molar-refractivity contribution is 5.80. The van der Waals surface area contributed by atoms with Gasteiger partial charge < -0.3 is 23.7 Å². The van der Waals surface area contributed by atoms with Gasteiger partial charge in [0.05, 0.1) is 21.3 Å². The molecule has 0 radical (unpaired) electrons. The molecule has 0 N–H and O–H groups in total. The second-order valence-electron chi connectivity index (χ2n) is 7.89. The monoisotopic (exact) mass is 427 g/mol. The van der Waals surface area contributed by atoms with Crippen molar-refractivity contribution in [2.45, 2.75) is 31.7 Å². The molecule has 0 saturated heterocycles. The zero-order chi connectivity index (χ0) is 22.0. The number of aryl methyl sites for hydroxylation is 1. The zero-order valence-corrected chi connectivity index (χ0v) is 18.5. The number of ketones is 1. The highest BCUT2D eigenvalue weighted by atomic mass is 16.7. The van der Waals surface area contributed by atoms with Gasteiger partial charge in [0.25, 0.3) is 0 Å². The van der Waals surface area contributed by atoms with E-state index in [-0.39, 0.29) is 18.6 Å². The molecule has 0 spiro atoms. The maximum atomic E-state index is 13.0. The number of benzene rings is 2. The molecule has 7 heteroatoms. The highest BCUT2D eigenvalue weighted by Gasteiger charge is 2.34. The van der Waals surface area contributed by atoms with E-state index in [0.717, 1.165) is 35.4 Å². The minimum absolute atomic E-state index is 0.0499. The molecule has 0 bridgehead atoms. The van der Waals surface area contributed by atoms with Crippen LogP contribution in [0.15, 0.2) is 24.3 Å². The van der Waals surface area contributed by atoms with E-state index in [1.165, 1.54) is 0 Å². The third-order valence-electron chi connectivity index (χ3n) is 6.11. The summed E-state index contributed by atoms with van der Waals surface area (Å²) in [5, 5.41) is 0. The second kappa shape index (κ2) is 9.06. The number of hydrogen-bond acceptors (Lipinski definition) is 7. The van der Waals surface area contributed by atoms with Crippen molar-refractivity contribution in [1.29, 1.82) is 0 Å². The van der Waals surface area contributed by atoms with E-state index in [0.29, 0.717) is 42.3 Å². The molecule has 0 amide bonds. The topological polar surface area (TPSA) is 66.5 Å². The van der Waals surface area contributed by atoms with Gasteiger partial charge in [-0.25, -0.2) is 0 Å². The minimum atomic E-state index is -0.0499. The van der Waals surface area contributed by atoms with Gasteiger partial charge in [-0.1, -0.05) is 6.07 Å². The average molecular weight is 427 g/mol. The van der Waals surface area contributed by atoms with Gasteiger partial charge in [-0.2, -0.15) is 0 Å². The van der Waals surface area contributed by atoms with Crippen LogP contribution in [0.2, 0.25) is 0 Å². The zero-order valence-electron chi connectivity index (χ0n) is 18.5. The molecule has 166 valence electrons. The summed E-state index contributed by atoms with van der Waals surface area (Å²) in [7, 11) is 6.92. The Morgan fingerprint density at radius 1 is 1.10 bits per heavy atom. The molecule has 2 aliphatic heterocycles. The number of carbonyl (C=O) groups excluding carboxylic acids is 1.